The molecular weight excluding hydrogens is 296 g/mol. The summed E-state index contributed by atoms with van der Waals surface area (Å²) in [6, 6.07) is 0. The third-order valence-electron chi connectivity index (χ3n) is 3.56. The summed E-state index contributed by atoms with van der Waals surface area (Å²) in [5.74, 6) is 1.38. The molecule has 0 fully saturated rings. The summed E-state index contributed by atoms with van der Waals surface area (Å²) >= 11 is 0. The Morgan fingerprint density at radius 1 is 1.30 bits per heavy atom. The topological polar surface area (TPSA) is 52.0 Å². The number of halogens is 1. The van der Waals surface area contributed by atoms with Gasteiger partial charge in [-0.2, -0.15) is 0 Å². The maximum absolute atomic E-state index is 11.4. The minimum atomic E-state index is -3.74. The van der Waals surface area contributed by atoms with Gasteiger partial charge in [0, 0.05) is 29.8 Å². The number of aromatic nitrogens is 2. The normalized spacial score (nSPS) is 13.6. The van der Waals surface area contributed by atoms with Crippen LogP contribution in [-0.4, -0.2) is 18.0 Å². The lowest BCUT2D eigenvalue weighted by Gasteiger charge is -2.16. The van der Waals surface area contributed by atoms with Crippen molar-refractivity contribution in [3.05, 3.63) is 12.0 Å². The van der Waals surface area contributed by atoms with Gasteiger partial charge in [0.1, 0.15) is 5.82 Å². The molecule has 0 aliphatic rings. The lowest BCUT2D eigenvalue weighted by atomic mass is 9.99. The molecule has 1 heterocycles. The number of imidazole rings is 1. The Labute approximate surface area is 127 Å². The molecule has 0 amide bonds. The smallest absolute Gasteiger partial charge is 0.280 e. The quantitative estimate of drug-likeness (QED) is 0.647. The van der Waals surface area contributed by atoms with Gasteiger partial charge in [-0.1, -0.05) is 40.0 Å². The minimum Gasteiger partial charge on any atom is -0.333 e. The van der Waals surface area contributed by atoms with Crippen molar-refractivity contribution >= 4 is 19.7 Å². The molecule has 0 spiro atoms. The largest absolute Gasteiger partial charge is 0.333 e. The fraction of sp³-hybridized carbons (Fsp3) is 0.786. The van der Waals surface area contributed by atoms with E-state index in [4.69, 9.17) is 10.7 Å². The molecule has 1 atom stereocenters. The fourth-order valence-electron chi connectivity index (χ4n) is 2.32. The predicted molar refractivity (Wildman–Crippen MR) is 82.6 cm³/mol. The first kappa shape index (κ1) is 17.5. The van der Waals surface area contributed by atoms with Crippen molar-refractivity contribution < 1.29 is 8.42 Å². The van der Waals surface area contributed by atoms with E-state index in [1.165, 1.54) is 19.3 Å². The SMILES string of the molecule is CCCCC(CC)Cn1cc(S(=O)(=O)Cl)nc1CCC. The van der Waals surface area contributed by atoms with Crippen molar-refractivity contribution in [3.8, 4) is 0 Å². The number of rotatable bonds is 9. The molecule has 0 aliphatic heterocycles. The average molecular weight is 321 g/mol. The van der Waals surface area contributed by atoms with Crippen LogP contribution in [0.15, 0.2) is 11.2 Å². The Morgan fingerprint density at radius 3 is 2.50 bits per heavy atom. The number of unbranched alkanes of at least 4 members (excludes halogenated alkanes) is 1. The van der Waals surface area contributed by atoms with Crippen molar-refractivity contribution in [2.45, 2.75) is 70.9 Å². The van der Waals surface area contributed by atoms with Gasteiger partial charge in [-0.05, 0) is 18.8 Å². The summed E-state index contributed by atoms with van der Waals surface area (Å²) in [5, 5.41) is -0.0204. The molecule has 6 heteroatoms. The fourth-order valence-corrected chi connectivity index (χ4v) is 3.01. The first-order valence-corrected chi connectivity index (χ1v) is 9.73. The van der Waals surface area contributed by atoms with Gasteiger partial charge in [-0.25, -0.2) is 13.4 Å². The first-order valence-electron chi connectivity index (χ1n) is 7.43. The Morgan fingerprint density at radius 2 is 2.00 bits per heavy atom. The molecule has 1 unspecified atom stereocenters. The molecule has 0 bridgehead atoms. The second-order valence-electron chi connectivity index (χ2n) is 5.25. The van der Waals surface area contributed by atoms with Gasteiger partial charge in [-0.15, -0.1) is 0 Å². The monoisotopic (exact) mass is 320 g/mol. The zero-order valence-electron chi connectivity index (χ0n) is 12.6. The van der Waals surface area contributed by atoms with Gasteiger partial charge in [-0.3, -0.25) is 0 Å². The third kappa shape index (κ3) is 5.09. The van der Waals surface area contributed by atoms with Gasteiger partial charge in [0.05, 0.1) is 0 Å². The molecule has 1 aromatic heterocycles. The molecule has 1 aromatic rings. The molecule has 1 rings (SSSR count). The highest BCUT2D eigenvalue weighted by Gasteiger charge is 2.19. The molecule has 0 saturated carbocycles. The van der Waals surface area contributed by atoms with Crippen LogP contribution in [0.1, 0.15) is 58.7 Å². The van der Waals surface area contributed by atoms with Crippen LogP contribution in [0.5, 0.6) is 0 Å². The van der Waals surface area contributed by atoms with Crippen LogP contribution in [0.3, 0.4) is 0 Å². The van der Waals surface area contributed by atoms with Gasteiger partial charge in [0.2, 0.25) is 0 Å². The van der Waals surface area contributed by atoms with Crippen molar-refractivity contribution in [1.29, 1.82) is 0 Å². The number of nitrogens with zero attached hydrogens (tertiary/aromatic N) is 2. The summed E-state index contributed by atoms with van der Waals surface area (Å²) in [4.78, 5) is 4.18. The lowest BCUT2D eigenvalue weighted by Crippen LogP contribution is -2.12. The van der Waals surface area contributed by atoms with E-state index in [1.54, 1.807) is 6.20 Å². The van der Waals surface area contributed by atoms with Gasteiger partial charge in [0.25, 0.3) is 9.05 Å². The summed E-state index contributed by atoms with van der Waals surface area (Å²) in [6.45, 7) is 7.24. The van der Waals surface area contributed by atoms with E-state index in [0.29, 0.717) is 5.92 Å². The van der Waals surface area contributed by atoms with Crippen LogP contribution >= 0.6 is 10.7 Å². The molecule has 0 radical (unpaired) electrons. The van der Waals surface area contributed by atoms with E-state index < -0.39 is 9.05 Å². The van der Waals surface area contributed by atoms with E-state index in [-0.39, 0.29) is 5.03 Å². The standard InChI is InChI=1S/C14H25ClN2O2S/c1-4-7-9-12(6-3)10-17-11-14(20(15,18)19)16-13(17)8-5-2/h11-12H,4-10H2,1-3H3. The highest BCUT2D eigenvalue weighted by atomic mass is 35.7. The molecule has 116 valence electrons. The number of aryl methyl sites for hydroxylation is 1. The minimum absolute atomic E-state index is 0.0204. The maximum atomic E-state index is 11.4. The first-order chi connectivity index (χ1) is 9.42. The molecule has 4 nitrogen and oxygen atoms in total. The van der Waals surface area contributed by atoms with E-state index in [9.17, 15) is 8.42 Å². The van der Waals surface area contributed by atoms with E-state index >= 15 is 0 Å². The molecular formula is C14H25ClN2O2S. The second kappa shape index (κ2) is 8.03. The van der Waals surface area contributed by atoms with Crippen LogP contribution in [0.2, 0.25) is 0 Å². The van der Waals surface area contributed by atoms with Crippen LogP contribution in [0.25, 0.3) is 0 Å². The van der Waals surface area contributed by atoms with Crippen LogP contribution in [-0.2, 0) is 22.0 Å². The van der Waals surface area contributed by atoms with Gasteiger partial charge in [0.15, 0.2) is 5.03 Å². The maximum Gasteiger partial charge on any atom is 0.280 e. The summed E-state index contributed by atoms with van der Waals surface area (Å²) in [5.41, 5.74) is 0. The molecule has 0 aromatic carbocycles. The van der Waals surface area contributed by atoms with Crippen LogP contribution in [0, 0.1) is 5.92 Å². The van der Waals surface area contributed by atoms with Crippen molar-refractivity contribution in [3.63, 3.8) is 0 Å². The zero-order valence-corrected chi connectivity index (χ0v) is 14.2. The van der Waals surface area contributed by atoms with Gasteiger partial charge < -0.3 is 4.57 Å². The lowest BCUT2D eigenvalue weighted by molar-refractivity contribution is 0.384. The van der Waals surface area contributed by atoms with E-state index in [0.717, 1.165) is 31.6 Å². The third-order valence-corrected chi connectivity index (χ3v) is 4.73. The van der Waals surface area contributed by atoms with Crippen molar-refractivity contribution in [2.24, 2.45) is 5.92 Å². The van der Waals surface area contributed by atoms with Crippen molar-refractivity contribution in [1.82, 2.24) is 9.55 Å². The summed E-state index contributed by atoms with van der Waals surface area (Å²) in [7, 11) is 1.65. The summed E-state index contributed by atoms with van der Waals surface area (Å²) < 4.78 is 24.8. The Bertz CT molecular complexity index is 511. The zero-order chi connectivity index (χ0) is 15.2. The molecule has 0 N–H and O–H groups in total. The van der Waals surface area contributed by atoms with E-state index in [2.05, 4.69) is 25.8 Å². The number of hydrogen-bond acceptors (Lipinski definition) is 3. The van der Waals surface area contributed by atoms with E-state index in [1.807, 2.05) is 4.57 Å². The van der Waals surface area contributed by atoms with Crippen LogP contribution < -0.4 is 0 Å². The predicted octanol–water partition coefficient (Wildman–Crippen LogP) is 3.98. The number of hydrogen-bond donors (Lipinski definition) is 0. The molecule has 20 heavy (non-hydrogen) atoms. The average Bonchev–Trinajstić information content (AvgIpc) is 2.78. The Hall–Kier alpha value is -0.550. The molecule has 0 saturated heterocycles. The van der Waals surface area contributed by atoms with Gasteiger partial charge >= 0.3 is 0 Å². The Balaban J connectivity index is 2.93. The molecule has 0 aliphatic carbocycles. The van der Waals surface area contributed by atoms with Crippen LogP contribution in [0.4, 0.5) is 0 Å². The van der Waals surface area contributed by atoms with Crippen molar-refractivity contribution in [2.75, 3.05) is 0 Å². The Kier molecular flexibility index (Phi) is 7.03. The second-order valence-corrected chi connectivity index (χ2v) is 7.76. The highest BCUT2D eigenvalue weighted by Crippen LogP contribution is 2.20. The highest BCUT2D eigenvalue weighted by molar-refractivity contribution is 8.13. The summed E-state index contributed by atoms with van der Waals surface area (Å²) in [6.07, 6.45) is 7.94.